The third kappa shape index (κ3) is 4.39. The second-order valence-electron chi connectivity index (χ2n) is 5.74. The number of hydrazine groups is 1. The van der Waals surface area contributed by atoms with Crippen LogP contribution in [0.5, 0.6) is 0 Å². The molecule has 0 saturated heterocycles. The molecule has 2 amide bonds. The van der Waals surface area contributed by atoms with E-state index in [1.165, 1.54) is 0 Å². The molecule has 150 valence electrons. The van der Waals surface area contributed by atoms with E-state index < -0.39 is 32.5 Å². The van der Waals surface area contributed by atoms with Crippen LogP contribution in [0.15, 0.2) is 42.1 Å². The average molecular weight is 419 g/mol. The van der Waals surface area contributed by atoms with Crippen molar-refractivity contribution in [1.82, 2.24) is 23.3 Å². The highest BCUT2D eigenvalue weighted by Crippen LogP contribution is 2.27. The zero-order valence-electron chi connectivity index (χ0n) is 15.1. The van der Waals surface area contributed by atoms with E-state index in [-0.39, 0.29) is 3.87 Å². The van der Waals surface area contributed by atoms with Crippen LogP contribution in [0.3, 0.4) is 0 Å². The fraction of sp³-hybridized carbons (Fsp3) is 0.357. The van der Waals surface area contributed by atoms with Crippen LogP contribution in [-0.4, -0.2) is 57.3 Å². The maximum atomic E-state index is 12.6. The SMILES string of the molecule is CON(S(=O)(=O)NC(=O)N1NC(C)=CC1c1ccccc1)S(=O)(=O)N(C)C. The van der Waals surface area contributed by atoms with E-state index >= 15 is 0 Å². The second-order valence-corrected chi connectivity index (χ2v) is 9.41. The summed E-state index contributed by atoms with van der Waals surface area (Å²) in [6, 6.07) is 7.25. The molecule has 0 bridgehead atoms. The van der Waals surface area contributed by atoms with Crippen molar-refractivity contribution in [2.75, 3.05) is 21.2 Å². The van der Waals surface area contributed by atoms with Crippen molar-refractivity contribution in [1.29, 1.82) is 0 Å². The van der Waals surface area contributed by atoms with Gasteiger partial charge in [-0.1, -0.05) is 30.3 Å². The van der Waals surface area contributed by atoms with Gasteiger partial charge in [0.15, 0.2) is 0 Å². The zero-order chi connectivity index (χ0) is 20.4. The van der Waals surface area contributed by atoms with Crippen molar-refractivity contribution >= 4 is 26.4 Å². The van der Waals surface area contributed by atoms with Gasteiger partial charge in [0.1, 0.15) is 6.04 Å². The molecule has 0 fully saturated rings. The van der Waals surface area contributed by atoms with Gasteiger partial charge in [-0.15, -0.1) is 0 Å². The van der Waals surface area contributed by atoms with Gasteiger partial charge in [0.2, 0.25) is 0 Å². The van der Waals surface area contributed by atoms with Crippen LogP contribution in [0.2, 0.25) is 0 Å². The predicted octanol–water partition coefficient (Wildman–Crippen LogP) is 0.0759. The van der Waals surface area contributed by atoms with Gasteiger partial charge in [-0.05, 0) is 18.6 Å². The van der Waals surface area contributed by atoms with Crippen molar-refractivity contribution in [2.45, 2.75) is 13.0 Å². The number of rotatable bonds is 6. The van der Waals surface area contributed by atoms with Gasteiger partial charge >= 0.3 is 26.4 Å². The quantitative estimate of drug-likeness (QED) is 0.625. The number of carbonyl (C=O) groups excluding carboxylic acids is 1. The Hall–Kier alpha value is -2.19. The highest BCUT2D eigenvalue weighted by atomic mass is 32.3. The lowest BCUT2D eigenvalue weighted by molar-refractivity contribution is 0.0232. The zero-order valence-corrected chi connectivity index (χ0v) is 16.8. The molecule has 1 aromatic rings. The van der Waals surface area contributed by atoms with Crippen molar-refractivity contribution in [3.05, 3.63) is 47.7 Å². The Morgan fingerprint density at radius 3 is 2.30 bits per heavy atom. The normalized spacial score (nSPS) is 17.8. The van der Waals surface area contributed by atoms with E-state index in [9.17, 15) is 21.6 Å². The van der Waals surface area contributed by atoms with E-state index in [1.54, 1.807) is 48.1 Å². The summed E-state index contributed by atoms with van der Waals surface area (Å²) >= 11 is 0. The molecule has 1 aliphatic heterocycles. The van der Waals surface area contributed by atoms with Crippen molar-refractivity contribution in [2.24, 2.45) is 0 Å². The van der Waals surface area contributed by atoms with E-state index in [1.807, 2.05) is 0 Å². The summed E-state index contributed by atoms with van der Waals surface area (Å²) < 4.78 is 51.1. The number of amides is 2. The van der Waals surface area contributed by atoms with Gasteiger partial charge < -0.3 is 0 Å². The van der Waals surface area contributed by atoms with Crippen LogP contribution in [0.1, 0.15) is 18.5 Å². The lowest BCUT2D eigenvalue weighted by Crippen LogP contribution is -2.54. The highest BCUT2D eigenvalue weighted by molar-refractivity contribution is 8.02. The van der Waals surface area contributed by atoms with Gasteiger partial charge in [-0.3, -0.25) is 10.3 Å². The van der Waals surface area contributed by atoms with Crippen molar-refractivity contribution in [3.63, 3.8) is 0 Å². The largest absolute Gasteiger partial charge is 0.351 e. The molecule has 1 atom stereocenters. The maximum Gasteiger partial charge on any atom is 0.351 e. The Morgan fingerprint density at radius 1 is 1.19 bits per heavy atom. The van der Waals surface area contributed by atoms with Crippen LogP contribution in [-0.2, 0) is 25.3 Å². The maximum absolute atomic E-state index is 12.6. The van der Waals surface area contributed by atoms with Crippen molar-refractivity contribution < 1.29 is 26.5 Å². The molecule has 2 N–H and O–H groups in total. The monoisotopic (exact) mass is 419 g/mol. The van der Waals surface area contributed by atoms with E-state index in [2.05, 4.69) is 10.3 Å². The Kier molecular flexibility index (Phi) is 6.11. The summed E-state index contributed by atoms with van der Waals surface area (Å²) in [6.07, 6.45) is 1.73. The third-order valence-corrected chi connectivity index (χ3v) is 7.13. The molecule has 27 heavy (non-hydrogen) atoms. The molecule has 2 rings (SSSR count). The minimum absolute atomic E-state index is 0.272. The first-order valence-corrected chi connectivity index (χ1v) is 10.5. The molecule has 1 unspecified atom stereocenters. The summed E-state index contributed by atoms with van der Waals surface area (Å²) in [5.41, 5.74) is 4.10. The molecule has 0 radical (unpaired) electrons. The van der Waals surface area contributed by atoms with Crippen LogP contribution in [0.4, 0.5) is 4.79 Å². The molecule has 0 aromatic heterocycles. The number of nitrogens with one attached hydrogen (secondary N) is 2. The molecular weight excluding hydrogens is 398 g/mol. The number of nitrogens with zero attached hydrogens (tertiary/aromatic N) is 3. The van der Waals surface area contributed by atoms with Crippen LogP contribution in [0, 0.1) is 0 Å². The lowest BCUT2D eigenvalue weighted by atomic mass is 10.1. The van der Waals surface area contributed by atoms with Gasteiger partial charge in [0.05, 0.1) is 11.0 Å². The molecule has 0 spiro atoms. The van der Waals surface area contributed by atoms with Gasteiger partial charge in [-0.2, -0.15) is 21.1 Å². The molecule has 1 aromatic carbocycles. The summed E-state index contributed by atoms with van der Waals surface area (Å²) in [4.78, 5) is 17.0. The molecular formula is C14H21N5O6S2. The topological polar surface area (TPSA) is 128 Å². The summed E-state index contributed by atoms with van der Waals surface area (Å²) in [7, 11) is -6.25. The van der Waals surface area contributed by atoms with E-state index in [0.29, 0.717) is 10.0 Å². The second kappa shape index (κ2) is 7.82. The first-order valence-electron chi connectivity index (χ1n) is 7.63. The molecule has 11 nitrogen and oxygen atoms in total. The van der Waals surface area contributed by atoms with E-state index in [0.717, 1.165) is 31.8 Å². The first-order chi connectivity index (χ1) is 12.5. The number of hydrogen-bond donors (Lipinski definition) is 2. The van der Waals surface area contributed by atoms with Gasteiger partial charge in [0.25, 0.3) is 0 Å². The molecule has 0 saturated carbocycles. The summed E-state index contributed by atoms with van der Waals surface area (Å²) in [6.45, 7) is 1.70. The minimum Gasteiger partial charge on any atom is -0.298 e. The molecule has 1 aliphatic rings. The minimum atomic E-state index is -4.86. The van der Waals surface area contributed by atoms with Gasteiger partial charge in [-0.25, -0.2) is 14.5 Å². The highest BCUT2D eigenvalue weighted by Gasteiger charge is 2.40. The summed E-state index contributed by atoms with van der Waals surface area (Å²) in [5.74, 6) is 0. The first kappa shape index (κ1) is 21.1. The molecule has 1 heterocycles. The number of carbonyl (C=O) groups is 1. The number of urea groups is 1. The average Bonchev–Trinajstić information content (AvgIpc) is 2.97. The fourth-order valence-corrected chi connectivity index (χ4v) is 4.88. The number of benzene rings is 1. The van der Waals surface area contributed by atoms with Crippen molar-refractivity contribution in [3.8, 4) is 0 Å². The van der Waals surface area contributed by atoms with Crippen LogP contribution in [0.25, 0.3) is 0 Å². The van der Waals surface area contributed by atoms with E-state index in [4.69, 9.17) is 0 Å². The Labute approximate surface area is 158 Å². The molecule has 0 aliphatic carbocycles. The van der Waals surface area contributed by atoms with Crippen LogP contribution < -0.4 is 10.1 Å². The summed E-state index contributed by atoms with van der Waals surface area (Å²) in [5, 5.41) is 1.04. The Morgan fingerprint density at radius 2 is 1.78 bits per heavy atom. The Balaban J connectivity index is 2.27. The smallest absolute Gasteiger partial charge is 0.298 e. The molecule has 13 heteroatoms. The predicted molar refractivity (Wildman–Crippen MR) is 96.8 cm³/mol. The third-order valence-electron chi connectivity index (χ3n) is 3.55. The lowest BCUT2D eigenvalue weighted by Gasteiger charge is -2.27. The standard InChI is InChI=1S/C14H21N5O6S2/c1-11-10-13(12-8-6-5-7-9-12)18(15-11)14(20)16-26(21,22)19(25-4)27(23,24)17(2)3/h5-10,13,15H,1-4H3,(H,16,20). The van der Waals surface area contributed by atoms with Crippen LogP contribution >= 0.6 is 0 Å². The fourth-order valence-electron chi connectivity index (χ4n) is 2.33. The Bertz CT molecular complexity index is 930. The number of hydrogen-bond acceptors (Lipinski definition) is 7. The number of allylic oxidation sites excluding steroid dienone is 1. The van der Waals surface area contributed by atoms with Gasteiger partial charge in [0, 0.05) is 19.8 Å².